The minimum absolute atomic E-state index is 0.0907. The predicted octanol–water partition coefficient (Wildman–Crippen LogP) is 4.65. The molecule has 0 saturated carbocycles. The predicted molar refractivity (Wildman–Crippen MR) is 94.1 cm³/mol. The maximum absolute atomic E-state index is 13.0. The van der Waals surface area contributed by atoms with Crippen LogP contribution in [0.25, 0.3) is 0 Å². The van der Waals surface area contributed by atoms with Gasteiger partial charge in [-0.1, -0.05) is 49.3 Å². The number of rotatable bonds is 3. The second-order valence-corrected chi connectivity index (χ2v) is 6.99. The number of anilines is 1. The summed E-state index contributed by atoms with van der Waals surface area (Å²) >= 11 is 0. The van der Waals surface area contributed by atoms with Crippen molar-refractivity contribution in [2.24, 2.45) is 0 Å². The van der Waals surface area contributed by atoms with Crippen LogP contribution in [0.3, 0.4) is 0 Å². The van der Waals surface area contributed by atoms with Crippen molar-refractivity contribution in [3.63, 3.8) is 0 Å². The second-order valence-electron chi connectivity index (χ2n) is 6.99. The van der Waals surface area contributed by atoms with Crippen molar-refractivity contribution in [1.29, 1.82) is 0 Å². The number of nitrogens with zero attached hydrogens (tertiary/aromatic N) is 2. The van der Waals surface area contributed by atoms with E-state index in [0.29, 0.717) is 11.4 Å². The number of carbonyl (C=O) groups excluding carboxylic acids is 1. The molecule has 1 N–H and O–H groups in total. The van der Waals surface area contributed by atoms with E-state index in [0.717, 1.165) is 25.1 Å². The summed E-state index contributed by atoms with van der Waals surface area (Å²) in [6, 6.07) is 10.1. The fourth-order valence-electron chi connectivity index (χ4n) is 3.49. The van der Waals surface area contributed by atoms with Crippen molar-refractivity contribution in [2.75, 3.05) is 11.9 Å². The highest BCUT2D eigenvalue weighted by Crippen LogP contribution is 2.39. The summed E-state index contributed by atoms with van der Waals surface area (Å²) < 4.78 is 5.37. The van der Waals surface area contributed by atoms with Crippen LogP contribution in [0.4, 0.5) is 10.5 Å². The van der Waals surface area contributed by atoms with Crippen LogP contribution >= 0.6 is 0 Å². The summed E-state index contributed by atoms with van der Waals surface area (Å²) in [4.78, 5) is 14.9. The Morgan fingerprint density at radius 1 is 1.33 bits per heavy atom. The van der Waals surface area contributed by atoms with Gasteiger partial charge in [-0.3, -0.25) is 0 Å². The number of carbonyl (C=O) groups is 1. The van der Waals surface area contributed by atoms with Crippen LogP contribution in [0.5, 0.6) is 0 Å². The van der Waals surface area contributed by atoms with Gasteiger partial charge < -0.3 is 14.7 Å². The van der Waals surface area contributed by atoms with Crippen molar-refractivity contribution >= 4 is 11.7 Å². The number of aromatic nitrogens is 1. The van der Waals surface area contributed by atoms with Crippen molar-refractivity contribution in [3.8, 4) is 0 Å². The first-order valence-corrected chi connectivity index (χ1v) is 8.54. The van der Waals surface area contributed by atoms with Gasteiger partial charge in [0.1, 0.15) is 11.4 Å². The van der Waals surface area contributed by atoms with E-state index in [1.807, 2.05) is 43.9 Å². The van der Waals surface area contributed by atoms with E-state index < -0.39 is 0 Å². The average Bonchev–Trinajstić information content (AvgIpc) is 3.13. The van der Waals surface area contributed by atoms with E-state index >= 15 is 0 Å². The molecular formula is C19H25N3O2. The number of aryl methyl sites for hydroxylation is 1. The van der Waals surface area contributed by atoms with Gasteiger partial charge in [0.25, 0.3) is 0 Å². The van der Waals surface area contributed by atoms with Crippen LogP contribution in [-0.4, -0.2) is 22.6 Å². The molecule has 3 rings (SSSR count). The molecule has 2 heterocycles. The summed E-state index contributed by atoms with van der Waals surface area (Å²) in [7, 11) is 0. The van der Waals surface area contributed by atoms with E-state index in [4.69, 9.17) is 4.52 Å². The van der Waals surface area contributed by atoms with Crippen LogP contribution < -0.4 is 5.32 Å². The molecule has 1 aromatic carbocycles. The summed E-state index contributed by atoms with van der Waals surface area (Å²) in [6.07, 6.45) is 1.96. The smallest absolute Gasteiger partial charge is 0.322 e. The minimum atomic E-state index is -0.283. The van der Waals surface area contributed by atoms with Gasteiger partial charge in [-0.15, -0.1) is 0 Å². The third kappa shape index (κ3) is 2.79. The van der Waals surface area contributed by atoms with Crippen molar-refractivity contribution in [2.45, 2.75) is 52.0 Å². The zero-order valence-electron chi connectivity index (χ0n) is 14.8. The molecule has 24 heavy (non-hydrogen) atoms. The van der Waals surface area contributed by atoms with Crippen molar-refractivity contribution in [3.05, 3.63) is 47.3 Å². The average molecular weight is 327 g/mol. The Hall–Kier alpha value is -2.30. The molecule has 2 amide bonds. The molecule has 0 radical (unpaired) electrons. The third-order valence-corrected chi connectivity index (χ3v) is 4.93. The number of benzene rings is 1. The van der Waals surface area contributed by atoms with Gasteiger partial charge in [0, 0.05) is 12.5 Å². The molecule has 0 spiro atoms. The van der Waals surface area contributed by atoms with Gasteiger partial charge in [-0.05, 0) is 32.3 Å². The highest BCUT2D eigenvalue weighted by Gasteiger charge is 2.41. The molecule has 0 bridgehead atoms. The summed E-state index contributed by atoms with van der Waals surface area (Å²) in [5.74, 6) is 0.891. The number of hydrogen-bond acceptors (Lipinski definition) is 3. The van der Waals surface area contributed by atoms with Crippen molar-refractivity contribution < 1.29 is 9.32 Å². The molecule has 0 aliphatic carbocycles. The maximum Gasteiger partial charge on any atom is 0.322 e. The molecule has 5 nitrogen and oxygen atoms in total. The zero-order valence-corrected chi connectivity index (χ0v) is 14.8. The lowest BCUT2D eigenvalue weighted by molar-refractivity contribution is 0.168. The molecule has 1 unspecified atom stereocenters. The molecule has 1 aromatic heterocycles. The van der Waals surface area contributed by atoms with E-state index in [-0.39, 0.29) is 17.5 Å². The van der Waals surface area contributed by atoms with E-state index in [9.17, 15) is 4.79 Å². The SMILES string of the molecule is Cc1noc(C(C)C)c1NC(=O)N1CCCC1(C)c1ccccc1. The van der Waals surface area contributed by atoms with E-state index in [1.165, 1.54) is 5.56 Å². The summed E-state index contributed by atoms with van der Waals surface area (Å²) in [6.45, 7) is 8.79. The lowest BCUT2D eigenvalue weighted by Gasteiger charge is -2.35. The topological polar surface area (TPSA) is 58.4 Å². The molecule has 1 aliphatic heterocycles. The first-order valence-electron chi connectivity index (χ1n) is 8.54. The first kappa shape index (κ1) is 16.6. The Balaban J connectivity index is 1.86. The van der Waals surface area contributed by atoms with Gasteiger partial charge in [0.2, 0.25) is 0 Å². The monoisotopic (exact) mass is 327 g/mol. The number of likely N-dealkylation sites (tertiary alicyclic amines) is 1. The second kappa shape index (κ2) is 6.30. The van der Waals surface area contributed by atoms with Crippen molar-refractivity contribution in [1.82, 2.24) is 10.1 Å². The lowest BCUT2D eigenvalue weighted by atomic mass is 9.89. The fourth-order valence-corrected chi connectivity index (χ4v) is 3.49. The van der Waals surface area contributed by atoms with E-state index in [1.54, 1.807) is 0 Å². The van der Waals surface area contributed by atoms with Gasteiger partial charge >= 0.3 is 6.03 Å². The van der Waals surface area contributed by atoms with Crippen LogP contribution in [-0.2, 0) is 5.54 Å². The highest BCUT2D eigenvalue weighted by molar-refractivity contribution is 5.91. The Bertz CT molecular complexity index is 723. The standard InChI is InChI=1S/C19H25N3O2/c1-13(2)17-16(14(3)21-24-17)20-18(23)22-12-8-11-19(22,4)15-9-6-5-7-10-15/h5-7,9-10,13H,8,11-12H2,1-4H3,(H,20,23). The zero-order chi connectivity index (χ0) is 17.3. The summed E-state index contributed by atoms with van der Waals surface area (Å²) in [5, 5.41) is 7.04. The van der Waals surface area contributed by atoms with Crippen LogP contribution in [0, 0.1) is 6.92 Å². The molecule has 1 aliphatic rings. The van der Waals surface area contributed by atoms with Gasteiger partial charge in [0.05, 0.1) is 5.54 Å². The fraction of sp³-hybridized carbons (Fsp3) is 0.474. The lowest BCUT2D eigenvalue weighted by Crippen LogP contribution is -2.45. The van der Waals surface area contributed by atoms with Crippen LogP contribution in [0.15, 0.2) is 34.9 Å². The number of urea groups is 1. The molecule has 1 saturated heterocycles. The Kier molecular flexibility index (Phi) is 4.35. The quantitative estimate of drug-likeness (QED) is 0.892. The normalized spacial score (nSPS) is 20.6. The molecule has 128 valence electrons. The Labute approximate surface area is 143 Å². The van der Waals surface area contributed by atoms with Gasteiger partial charge in [0.15, 0.2) is 5.76 Å². The summed E-state index contributed by atoms with van der Waals surface area (Å²) in [5.41, 5.74) is 2.31. The van der Waals surface area contributed by atoms with E-state index in [2.05, 4.69) is 29.5 Å². The number of nitrogens with one attached hydrogen (secondary N) is 1. The van der Waals surface area contributed by atoms with Crippen LogP contribution in [0.2, 0.25) is 0 Å². The molecular weight excluding hydrogens is 302 g/mol. The third-order valence-electron chi connectivity index (χ3n) is 4.93. The number of amides is 2. The first-order chi connectivity index (χ1) is 11.4. The molecule has 5 heteroatoms. The highest BCUT2D eigenvalue weighted by atomic mass is 16.5. The molecule has 1 atom stereocenters. The number of hydrogen-bond donors (Lipinski definition) is 1. The maximum atomic E-state index is 13.0. The van der Waals surface area contributed by atoms with Gasteiger partial charge in [-0.2, -0.15) is 0 Å². The molecule has 2 aromatic rings. The minimum Gasteiger partial charge on any atom is -0.359 e. The molecule has 1 fully saturated rings. The Morgan fingerprint density at radius 3 is 2.71 bits per heavy atom. The Morgan fingerprint density at radius 2 is 2.04 bits per heavy atom. The largest absolute Gasteiger partial charge is 0.359 e. The van der Waals surface area contributed by atoms with Crippen LogP contribution in [0.1, 0.15) is 56.5 Å². The van der Waals surface area contributed by atoms with Gasteiger partial charge in [-0.25, -0.2) is 4.79 Å².